The molecule has 6 heteroatoms. The third-order valence-corrected chi connectivity index (χ3v) is 5.39. The fourth-order valence-corrected chi connectivity index (χ4v) is 3.66. The largest absolute Gasteiger partial charge is 0.384 e. The smallest absolute Gasteiger partial charge is 0.166 e. The van der Waals surface area contributed by atoms with Gasteiger partial charge in [-0.15, -0.1) is 0 Å². The van der Waals surface area contributed by atoms with Gasteiger partial charge in [0.15, 0.2) is 17.9 Å². The van der Waals surface area contributed by atoms with E-state index in [9.17, 15) is 13.2 Å². The summed E-state index contributed by atoms with van der Waals surface area (Å²) in [6.45, 7) is 1.80. The Morgan fingerprint density at radius 3 is 2.50 bits per heavy atom. The second-order valence-corrected chi connectivity index (χ2v) is 7.82. The number of benzene rings is 3. The molecule has 1 aliphatic heterocycles. The molecular weight excluding hydrogens is 417 g/mol. The van der Waals surface area contributed by atoms with Gasteiger partial charge in [0.1, 0.15) is 5.82 Å². The highest BCUT2D eigenvalue weighted by atomic mass is 19.2. The number of ether oxygens (including phenoxy) is 3. The summed E-state index contributed by atoms with van der Waals surface area (Å²) in [7, 11) is 1.65. The first-order valence-corrected chi connectivity index (χ1v) is 10.4. The molecule has 0 amide bonds. The van der Waals surface area contributed by atoms with Gasteiger partial charge in [0.25, 0.3) is 0 Å². The van der Waals surface area contributed by atoms with E-state index in [0.717, 1.165) is 11.6 Å². The zero-order valence-electron chi connectivity index (χ0n) is 17.7. The third kappa shape index (κ3) is 5.31. The van der Waals surface area contributed by atoms with Crippen LogP contribution in [0, 0.1) is 35.2 Å². The van der Waals surface area contributed by atoms with Gasteiger partial charge in [-0.3, -0.25) is 0 Å². The Hall–Kier alpha value is -2.85. The Bertz CT molecular complexity index is 1160. The number of fused-ring (bicyclic) bond motifs is 1. The van der Waals surface area contributed by atoms with E-state index in [-0.39, 0.29) is 23.2 Å². The molecule has 0 radical (unpaired) electrons. The van der Waals surface area contributed by atoms with Crippen molar-refractivity contribution in [1.82, 2.24) is 0 Å². The van der Waals surface area contributed by atoms with Crippen molar-refractivity contribution in [3.8, 4) is 11.8 Å². The van der Waals surface area contributed by atoms with Crippen LogP contribution in [0.2, 0.25) is 0 Å². The fraction of sp³-hybridized carbons (Fsp3) is 0.308. The topological polar surface area (TPSA) is 27.7 Å². The molecular formula is C26H23F3O3. The first-order chi connectivity index (χ1) is 15.5. The highest BCUT2D eigenvalue weighted by Gasteiger charge is 2.22. The van der Waals surface area contributed by atoms with Crippen LogP contribution in [0.1, 0.15) is 23.1 Å². The van der Waals surface area contributed by atoms with E-state index in [1.54, 1.807) is 25.3 Å². The van der Waals surface area contributed by atoms with Crippen LogP contribution in [-0.4, -0.2) is 33.2 Å². The Kier molecular flexibility index (Phi) is 7.11. The van der Waals surface area contributed by atoms with Crippen LogP contribution < -0.4 is 0 Å². The summed E-state index contributed by atoms with van der Waals surface area (Å²) in [5, 5.41) is 0.721. The first kappa shape index (κ1) is 22.3. The minimum Gasteiger partial charge on any atom is -0.384 e. The Labute approximate surface area is 185 Å². The molecule has 0 spiro atoms. The van der Waals surface area contributed by atoms with Gasteiger partial charge in [0.2, 0.25) is 0 Å². The van der Waals surface area contributed by atoms with Crippen LogP contribution in [0.5, 0.6) is 0 Å². The zero-order valence-corrected chi connectivity index (χ0v) is 17.7. The standard InChI is InChI=1S/C26H23F3O3/c1-30-14-19-15-31-25(32-16-19)11-5-18-3-7-20(24(28)13-18)6-2-17-4-9-22-21(12-17)8-10-23(27)26(22)29/h3-4,7-10,12-13,19,25H,5,11,14-16H2,1H3. The van der Waals surface area contributed by atoms with Crippen molar-refractivity contribution in [3.05, 3.63) is 82.7 Å². The van der Waals surface area contributed by atoms with E-state index in [2.05, 4.69) is 11.8 Å². The second-order valence-electron chi connectivity index (χ2n) is 7.82. The zero-order chi connectivity index (χ0) is 22.5. The molecule has 0 bridgehead atoms. The van der Waals surface area contributed by atoms with Crippen molar-refractivity contribution < 1.29 is 27.4 Å². The Balaban J connectivity index is 1.39. The molecule has 1 heterocycles. The van der Waals surface area contributed by atoms with Crippen LogP contribution >= 0.6 is 0 Å². The van der Waals surface area contributed by atoms with Gasteiger partial charge >= 0.3 is 0 Å². The minimum atomic E-state index is -0.893. The molecule has 1 aliphatic rings. The van der Waals surface area contributed by atoms with Gasteiger partial charge in [-0.25, -0.2) is 13.2 Å². The summed E-state index contributed by atoms with van der Waals surface area (Å²) < 4.78 is 58.2. The van der Waals surface area contributed by atoms with Gasteiger partial charge in [0, 0.05) is 30.4 Å². The highest BCUT2D eigenvalue weighted by Crippen LogP contribution is 2.22. The Morgan fingerprint density at radius 2 is 1.75 bits per heavy atom. The predicted octanol–water partition coefficient (Wildman–Crippen LogP) is 5.23. The first-order valence-electron chi connectivity index (χ1n) is 10.4. The molecule has 0 unspecified atom stereocenters. The van der Waals surface area contributed by atoms with Crippen LogP contribution in [-0.2, 0) is 20.6 Å². The average Bonchev–Trinajstić information content (AvgIpc) is 2.80. The summed E-state index contributed by atoms with van der Waals surface area (Å²) in [6, 6.07) is 12.2. The molecule has 0 aliphatic carbocycles. The van der Waals surface area contributed by atoms with Gasteiger partial charge < -0.3 is 14.2 Å². The average molecular weight is 440 g/mol. The summed E-state index contributed by atoms with van der Waals surface area (Å²) >= 11 is 0. The maximum absolute atomic E-state index is 14.5. The van der Waals surface area contributed by atoms with E-state index in [4.69, 9.17) is 14.2 Å². The lowest BCUT2D eigenvalue weighted by molar-refractivity contribution is -0.208. The quantitative estimate of drug-likeness (QED) is 0.509. The Morgan fingerprint density at radius 1 is 0.938 bits per heavy atom. The van der Waals surface area contributed by atoms with Crippen molar-refractivity contribution in [1.29, 1.82) is 0 Å². The monoisotopic (exact) mass is 440 g/mol. The molecule has 1 saturated heterocycles. The molecule has 0 atom stereocenters. The summed E-state index contributed by atoms with van der Waals surface area (Å²) in [4.78, 5) is 0. The minimum absolute atomic E-state index is 0.186. The van der Waals surface area contributed by atoms with E-state index in [1.807, 2.05) is 6.07 Å². The molecule has 4 rings (SSSR count). The van der Waals surface area contributed by atoms with Gasteiger partial charge in [-0.1, -0.05) is 30.0 Å². The van der Waals surface area contributed by atoms with Crippen molar-refractivity contribution in [2.45, 2.75) is 19.1 Å². The number of rotatable bonds is 5. The maximum Gasteiger partial charge on any atom is 0.166 e. The molecule has 1 fully saturated rings. The van der Waals surface area contributed by atoms with Gasteiger partial charge in [0.05, 0.1) is 25.4 Å². The molecule has 32 heavy (non-hydrogen) atoms. The number of halogens is 3. The van der Waals surface area contributed by atoms with Crippen LogP contribution in [0.25, 0.3) is 10.8 Å². The molecule has 3 nitrogen and oxygen atoms in total. The molecule has 3 aromatic carbocycles. The van der Waals surface area contributed by atoms with Crippen molar-refractivity contribution in [3.63, 3.8) is 0 Å². The van der Waals surface area contributed by atoms with E-state index < -0.39 is 17.5 Å². The number of methoxy groups -OCH3 is 1. The molecule has 0 N–H and O–H groups in total. The van der Waals surface area contributed by atoms with E-state index in [1.165, 1.54) is 18.2 Å². The van der Waals surface area contributed by atoms with Gasteiger partial charge in [-0.2, -0.15) is 0 Å². The fourth-order valence-electron chi connectivity index (χ4n) is 3.66. The van der Waals surface area contributed by atoms with Crippen LogP contribution in [0.4, 0.5) is 13.2 Å². The van der Waals surface area contributed by atoms with Crippen LogP contribution in [0.15, 0.2) is 48.5 Å². The number of hydrogen-bond donors (Lipinski definition) is 0. The van der Waals surface area contributed by atoms with Gasteiger partial charge in [-0.05, 0) is 47.7 Å². The third-order valence-electron chi connectivity index (χ3n) is 5.39. The van der Waals surface area contributed by atoms with Crippen LogP contribution in [0.3, 0.4) is 0 Å². The highest BCUT2D eigenvalue weighted by molar-refractivity contribution is 5.84. The summed E-state index contributed by atoms with van der Waals surface area (Å²) in [6.07, 6.45) is 0.965. The second kappa shape index (κ2) is 10.2. The molecule has 166 valence electrons. The van der Waals surface area contributed by atoms with Crippen molar-refractivity contribution in [2.24, 2.45) is 5.92 Å². The van der Waals surface area contributed by atoms with Crippen molar-refractivity contribution in [2.75, 3.05) is 26.9 Å². The predicted molar refractivity (Wildman–Crippen MR) is 116 cm³/mol. The molecule has 0 saturated carbocycles. The lowest BCUT2D eigenvalue weighted by atomic mass is 10.0. The number of aryl methyl sites for hydroxylation is 1. The molecule has 0 aromatic heterocycles. The normalized spacial score (nSPS) is 18.4. The SMILES string of the molecule is COCC1COC(CCc2ccc(C#Cc3ccc4c(F)c(F)ccc4c3)c(F)c2)OC1. The summed E-state index contributed by atoms with van der Waals surface area (Å²) in [5.41, 5.74) is 1.69. The maximum atomic E-state index is 14.5. The number of hydrogen-bond acceptors (Lipinski definition) is 3. The summed E-state index contributed by atoms with van der Waals surface area (Å²) in [5.74, 6) is 3.76. The lowest BCUT2D eigenvalue weighted by Crippen LogP contribution is -2.34. The molecule has 3 aromatic rings. The van der Waals surface area contributed by atoms with Crippen molar-refractivity contribution >= 4 is 10.8 Å². The van der Waals surface area contributed by atoms with E-state index in [0.29, 0.717) is 43.6 Å². The van der Waals surface area contributed by atoms with E-state index >= 15 is 0 Å². The lowest BCUT2D eigenvalue weighted by Gasteiger charge is -2.29.